The zero-order valence-corrected chi connectivity index (χ0v) is 8.61. The molecule has 0 saturated heterocycles. The van der Waals surface area contributed by atoms with E-state index in [1.165, 1.54) is 4.88 Å². The number of aromatic nitrogens is 1. The van der Waals surface area contributed by atoms with Crippen LogP contribution in [0.15, 0.2) is 0 Å². The molecule has 0 saturated carbocycles. The maximum absolute atomic E-state index is 8.86. The van der Waals surface area contributed by atoms with Gasteiger partial charge in [0, 0.05) is 4.88 Å². The molecule has 0 aliphatic heterocycles. The van der Waals surface area contributed by atoms with Crippen molar-refractivity contribution < 1.29 is 5.11 Å². The molecule has 68 valence electrons. The zero-order chi connectivity index (χ0) is 9.14. The molecule has 0 fully saturated rings. The quantitative estimate of drug-likeness (QED) is 0.782. The maximum atomic E-state index is 8.86. The van der Waals surface area contributed by atoms with Crippen molar-refractivity contribution in [2.75, 3.05) is 0 Å². The van der Waals surface area contributed by atoms with E-state index in [0.717, 1.165) is 17.1 Å². The summed E-state index contributed by atoms with van der Waals surface area (Å²) >= 11 is 1.63. The van der Waals surface area contributed by atoms with Gasteiger partial charge in [0.1, 0.15) is 5.01 Å². The van der Waals surface area contributed by atoms with Gasteiger partial charge in [-0.3, -0.25) is 0 Å². The highest BCUT2D eigenvalue weighted by atomic mass is 32.1. The first-order chi connectivity index (χ1) is 5.63. The lowest BCUT2D eigenvalue weighted by Gasteiger charge is -2.00. The molecule has 3 heteroatoms. The van der Waals surface area contributed by atoms with E-state index in [9.17, 15) is 0 Å². The molecule has 1 N–H and O–H groups in total. The molecule has 1 rings (SSSR count). The summed E-state index contributed by atoms with van der Waals surface area (Å²) in [5.74, 6) is 0.663. The number of hydrogen-bond donors (Lipinski definition) is 1. The third-order valence-corrected chi connectivity index (χ3v) is 2.83. The third-order valence-electron chi connectivity index (χ3n) is 1.67. The van der Waals surface area contributed by atoms with Crippen LogP contribution in [0.4, 0.5) is 0 Å². The van der Waals surface area contributed by atoms with Crippen LogP contribution in [0, 0.1) is 12.8 Å². The van der Waals surface area contributed by atoms with Gasteiger partial charge in [-0.25, -0.2) is 4.98 Å². The Balaban J connectivity index is 2.77. The van der Waals surface area contributed by atoms with Crippen molar-refractivity contribution in [3.63, 3.8) is 0 Å². The van der Waals surface area contributed by atoms with Gasteiger partial charge in [-0.2, -0.15) is 0 Å². The Bertz CT molecular complexity index is 255. The fourth-order valence-corrected chi connectivity index (χ4v) is 2.26. The van der Waals surface area contributed by atoms with E-state index < -0.39 is 0 Å². The Labute approximate surface area is 77.3 Å². The van der Waals surface area contributed by atoms with Crippen molar-refractivity contribution in [3.8, 4) is 0 Å². The fraction of sp³-hybridized carbons (Fsp3) is 0.667. The second kappa shape index (κ2) is 4.01. The predicted molar refractivity (Wildman–Crippen MR) is 51.3 cm³/mol. The summed E-state index contributed by atoms with van der Waals surface area (Å²) < 4.78 is 0. The summed E-state index contributed by atoms with van der Waals surface area (Å²) in [6.45, 7) is 6.46. The molecule has 0 unspecified atom stereocenters. The molecule has 0 bridgehead atoms. The average molecular weight is 185 g/mol. The number of nitrogens with zero attached hydrogens (tertiary/aromatic N) is 1. The summed E-state index contributed by atoms with van der Waals surface area (Å²) in [7, 11) is 0. The largest absolute Gasteiger partial charge is 0.389 e. The molecule has 0 amide bonds. The van der Waals surface area contributed by atoms with Crippen molar-refractivity contribution >= 4 is 11.3 Å². The molecule has 0 aromatic carbocycles. The van der Waals surface area contributed by atoms with Crippen LogP contribution in [0.5, 0.6) is 0 Å². The summed E-state index contributed by atoms with van der Waals surface area (Å²) in [6.07, 6.45) is 1.07. The molecular formula is C9H15NOS. The van der Waals surface area contributed by atoms with Crippen molar-refractivity contribution in [1.82, 2.24) is 4.98 Å². The van der Waals surface area contributed by atoms with Crippen LogP contribution in [0.25, 0.3) is 0 Å². The molecule has 0 spiro atoms. The minimum Gasteiger partial charge on any atom is -0.389 e. The van der Waals surface area contributed by atoms with Gasteiger partial charge in [-0.1, -0.05) is 13.8 Å². The maximum Gasteiger partial charge on any atom is 0.119 e. The predicted octanol–water partition coefficient (Wildman–Crippen LogP) is 2.14. The Hall–Kier alpha value is -0.410. The van der Waals surface area contributed by atoms with E-state index in [0.29, 0.717) is 5.92 Å². The summed E-state index contributed by atoms with van der Waals surface area (Å²) in [4.78, 5) is 5.56. The van der Waals surface area contributed by atoms with Gasteiger partial charge in [-0.05, 0) is 19.3 Å². The molecule has 0 radical (unpaired) electrons. The fourth-order valence-electron chi connectivity index (χ4n) is 1.12. The van der Waals surface area contributed by atoms with Crippen LogP contribution in [0.1, 0.15) is 29.4 Å². The molecule has 0 aliphatic carbocycles. The van der Waals surface area contributed by atoms with Crippen molar-refractivity contribution in [3.05, 3.63) is 15.6 Å². The van der Waals surface area contributed by atoms with Gasteiger partial charge in [0.15, 0.2) is 0 Å². The van der Waals surface area contributed by atoms with Gasteiger partial charge in [0.05, 0.1) is 12.3 Å². The SMILES string of the molecule is Cc1nc(CO)sc1CC(C)C. The second-order valence-corrected chi connectivity index (χ2v) is 4.54. The number of rotatable bonds is 3. The van der Waals surface area contributed by atoms with Gasteiger partial charge >= 0.3 is 0 Å². The van der Waals surface area contributed by atoms with Gasteiger partial charge < -0.3 is 5.11 Å². The van der Waals surface area contributed by atoms with Crippen molar-refractivity contribution in [2.45, 2.75) is 33.8 Å². The van der Waals surface area contributed by atoms with Crippen LogP contribution in [0.2, 0.25) is 0 Å². The normalized spacial score (nSPS) is 11.1. The lowest BCUT2D eigenvalue weighted by molar-refractivity contribution is 0.281. The molecular weight excluding hydrogens is 170 g/mol. The van der Waals surface area contributed by atoms with E-state index in [2.05, 4.69) is 18.8 Å². The molecule has 1 heterocycles. The molecule has 1 aromatic rings. The Kier molecular flexibility index (Phi) is 3.23. The third kappa shape index (κ3) is 2.29. The van der Waals surface area contributed by atoms with Crippen molar-refractivity contribution in [1.29, 1.82) is 0 Å². The highest BCUT2D eigenvalue weighted by Gasteiger charge is 2.07. The van der Waals surface area contributed by atoms with Crippen LogP contribution in [-0.4, -0.2) is 10.1 Å². The lowest BCUT2D eigenvalue weighted by Crippen LogP contribution is -1.92. The highest BCUT2D eigenvalue weighted by molar-refractivity contribution is 7.11. The molecule has 1 aromatic heterocycles. The Morgan fingerprint density at radius 3 is 2.58 bits per heavy atom. The minimum atomic E-state index is 0.0730. The van der Waals surface area contributed by atoms with Crippen LogP contribution in [-0.2, 0) is 13.0 Å². The Morgan fingerprint density at radius 1 is 1.50 bits per heavy atom. The molecule has 0 atom stereocenters. The summed E-state index contributed by atoms with van der Waals surface area (Å²) in [5.41, 5.74) is 1.08. The van der Waals surface area contributed by atoms with Gasteiger partial charge in [0.25, 0.3) is 0 Å². The number of thiazole rings is 1. The first-order valence-electron chi connectivity index (χ1n) is 4.19. The smallest absolute Gasteiger partial charge is 0.119 e. The first-order valence-corrected chi connectivity index (χ1v) is 5.01. The molecule has 12 heavy (non-hydrogen) atoms. The monoisotopic (exact) mass is 185 g/mol. The molecule has 0 aliphatic rings. The molecule has 2 nitrogen and oxygen atoms in total. The number of aliphatic hydroxyl groups is 1. The lowest BCUT2D eigenvalue weighted by atomic mass is 10.1. The summed E-state index contributed by atoms with van der Waals surface area (Å²) in [6, 6.07) is 0. The first kappa shape index (κ1) is 9.68. The number of aryl methyl sites for hydroxylation is 1. The number of aliphatic hydroxyl groups excluding tert-OH is 1. The van der Waals surface area contributed by atoms with E-state index in [1.54, 1.807) is 11.3 Å². The standard InChI is InChI=1S/C9H15NOS/c1-6(2)4-8-7(3)10-9(5-11)12-8/h6,11H,4-5H2,1-3H3. The van der Waals surface area contributed by atoms with E-state index in [4.69, 9.17) is 5.11 Å². The van der Waals surface area contributed by atoms with Crippen molar-refractivity contribution in [2.24, 2.45) is 5.92 Å². The summed E-state index contributed by atoms with van der Waals surface area (Å²) in [5, 5.41) is 9.69. The topological polar surface area (TPSA) is 33.1 Å². The van der Waals surface area contributed by atoms with Gasteiger partial charge in [0.2, 0.25) is 0 Å². The second-order valence-electron chi connectivity index (χ2n) is 3.37. The van der Waals surface area contributed by atoms with E-state index in [-0.39, 0.29) is 6.61 Å². The van der Waals surface area contributed by atoms with E-state index in [1.807, 2.05) is 6.92 Å². The van der Waals surface area contributed by atoms with Gasteiger partial charge in [-0.15, -0.1) is 11.3 Å². The Morgan fingerprint density at radius 2 is 2.17 bits per heavy atom. The minimum absolute atomic E-state index is 0.0730. The number of hydrogen-bond acceptors (Lipinski definition) is 3. The zero-order valence-electron chi connectivity index (χ0n) is 7.79. The van der Waals surface area contributed by atoms with Crippen LogP contribution in [0.3, 0.4) is 0 Å². The average Bonchev–Trinajstić information content (AvgIpc) is 2.31. The van der Waals surface area contributed by atoms with E-state index >= 15 is 0 Å². The van der Waals surface area contributed by atoms with Crippen LogP contribution >= 0.6 is 11.3 Å². The highest BCUT2D eigenvalue weighted by Crippen LogP contribution is 2.21. The van der Waals surface area contributed by atoms with Crippen LogP contribution < -0.4 is 0 Å².